The fourth-order valence-corrected chi connectivity index (χ4v) is 4.37. The first-order valence-electron chi connectivity index (χ1n) is 13.5. The Balaban J connectivity index is 1.78. The summed E-state index contributed by atoms with van der Waals surface area (Å²) in [5.41, 5.74) is 19.0. The molecule has 3 heteroatoms. The van der Waals surface area contributed by atoms with Crippen LogP contribution in [0.1, 0.15) is 113 Å². The molecular weight excluding hydrogens is 404 g/mol. The minimum atomic E-state index is 0.525. The molecule has 0 unspecified atom stereocenters. The standard InChI is InChI=1S/C30H48N2O/c1-3-5-7-9-11-13-15-25-17-19-29(31)27(21-25)23-33-24-28-22-26(18-20-30(28)32)16-14-12-10-8-6-4-2/h17-22H,3-16,23-24,31-32H2,1-2H3. The summed E-state index contributed by atoms with van der Waals surface area (Å²) < 4.78 is 6.06. The summed E-state index contributed by atoms with van der Waals surface area (Å²) in [6.07, 6.45) is 18.1. The highest BCUT2D eigenvalue weighted by Gasteiger charge is 2.06. The zero-order valence-corrected chi connectivity index (χ0v) is 21.3. The Morgan fingerprint density at radius 2 is 0.939 bits per heavy atom. The molecule has 0 aliphatic carbocycles. The molecule has 2 aromatic rings. The van der Waals surface area contributed by atoms with Crippen LogP contribution in [-0.4, -0.2) is 0 Å². The lowest BCUT2D eigenvalue weighted by atomic mass is 10.0. The van der Waals surface area contributed by atoms with E-state index in [1.54, 1.807) is 0 Å². The van der Waals surface area contributed by atoms with Crippen LogP contribution in [0, 0.1) is 0 Å². The molecule has 0 bridgehead atoms. The number of anilines is 2. The van der Waals surface area contributed by atoms with Gasteiger partial charge in [-0.1, -0.05) is 102 Å². The van der Waals surface area contributed by atoms with Crippen LogP contribution in [0.25, 0.3) is 0 Å². The topological polar surface area (TPSA) is 61.3 Å². The van der Waals surface area contributed by atoms with Gasteiger partial charge in [0.15, 0.2) is 0 Å². The molecule has 0 radical (unpaired) electrons. The minimum absolute atomic E-state index is 0.525. The summed E-state index contributed by atoms with van der Waals surface area (Å²) in [7, 11) is 0. The maximum Gasteiger partial charge on any atom is 0.0741 e. The highest BCUT2D eigenvalue weighted by Crippen LogP contribution is 2.21. The van der Waals surface area contributed by atoms with Crippen molar-refractivity contribution in [2.24, 2.45) is 0 Å². The van der Waals surface area contributed by atoms with Gasteiger partial charge in [-0.3, -0.25) is 0 Å². The van der Waals surface area contributed by atoms with E-state index in [-0.39, 0.29) is 0 Å². The van der Waals surface area contributed by atoms with Crippen molar-refractivity contribution in [1.82, 2.24) is 0 Å². The van der Waals surface area contributed by atoms with Crippen LogP contribution in [0.15, 0.2) is 36.4 Å². The molecule has 4 N–H and O–H groups in total. The molecule has 0 aromatic heterocycles. The average Bonchev–Trinajstić information content (AvgIpc) is 2.82. The van der Waals surface area contributed by atoms with Gasteiger partial charge in [-0.25, -0.2) is 0 Å². The normalized spacial score (nSPS) is 11.2. The number of nitrogen functional groups attached to an aromatic ring is 2. The van der Waals surface area contributed by atoms with Crippen LogP contribution in [0.3, 0.4) is 0 Å². The van der Waals surface area contributed by atoms with Crippen molar-refractivity contribution in [3.63, 3.8) is 0 Å². The maximum absolute atomic E-state index is 6.23. The fourth-order valence-electron chi connectivity index (χ4n) is 4.37. The molecule has 184 valence electrons. The van der Waals surface area contributed by atoms with Gasteiger partial charge in [-0.2, -0.15) is 0 Å². The number of unbranched alkanes of at least 4 members (excludes halogenated alkanes) is 10. The summed E-state index contributed by atoms with van der Waals surface area (Å²) in [6.45, 7) is 5.58. The third kappa shape index (κ3) is 11.1. The number of ether oxygens (including phenoxy) is 1. The van der Waals surface area contributed by atoms with Gasteiger partial charge in [-0.05, 0) is 48.9 Å². The van der Waals surface area contributed by atoms with Gasteiger partial charge < -0.3 is 16.2 Å². The predicted molar refractivity (Wildman–Crippen MR) is 144 cm³/mol. The van der Waals surface area contributed by atoms with Crippen LogP contribution >= 0.6 is 0 Å². The number of hydrogen-bond donors (Lipinski definition) is 2. The average molecular weight is 453 g/mol. The third-order valence-corrected chi connectivity index (χ3v) is 6.57. The Hall–Kier alpha value is -2.00. The first-order valence-corrected chi connectivity index (χ1v) is 13.5. The highest BCUT2D eigenvalue weighted by molar-refractivity contribution is 5.49. The van der Waals surface area contributed by atoms with Crippen LogP contribution in [0.5, 0.6) is 0 Å². The van der Waals surface area contributed by atoms with Crippen LogP contribution in [0.2, 0.25) is 0 Å². The van der Waals surface area contributed by atoms with Gasteiger partial charge in [0.05, 0.1) is 13.2 Å². The molecule has 2 aromatic carbocycles. The van der Waals surface area contributed by atoms with E-state index in [9.17, 15) is 0 Å². The van der Waals surface area contributed by atoms with E-state index in [0.29, 0.717) is 13.2 Å². The van der Waals surface area contributed by atoms with Crippen molar-refractivity contribution in [2.45, 2.75) is 117 Å². The zero-order chi connectivity index (χ0) is 23.7. The van der Waals surface area contributed by atoms with Crippen LogP contribution in [-0.2, 0) is 30.8 Å². The van der Waals surface area contributed by atoms with E-state index < -0.39 is 0 Å². The largest absolute Gasteiger partial charge is 0.398 e. The zero-order valence-electron chi connectivity index (χ0n) is 21.3. The van der Waals surface area contributed by atoms with Gasteiger partial charge >= 0.3 is 0 Å². The molecular formula is C30H48N2O. The molecule has 0 aliphatic heterocycles. The second-order valence-corrected chi connectivity index (χ2v) is 9.59. The predicted octanol–water partition coefficient (Wildman–Crippen LogP) is 8.37. The Bertz CT molecular complexity index is 721. The first-order chi connectivity index (χ1) is 16.1. The molecule has 0 heterocycles. The van der Waals surface area contributed by atoms with Gasteiger partial charge in [0.2, 0.25) is 0 Å². The van der Waals surface area contributed by atoms with Crippen molar-refractivity contribution < 1.29 is 4.74 Å². The summed E-state index contributed by atoms with van der Waals surface area (Å²) in [6, 6.07) is 12.8. The molecule has 0 fully saturated rings. The maximum atomic E-state index is 6.23. The number of aryl methyl sites for hydroxylation is 2. The Morgan fingerprint density at radius 3 is 1.36 bits per heavy atom. The number of hydrogen-bond acceptors (Lipinski definition) is 3. The van der Waals surface area contributed by atoms with E-state index in [1.807, 2.05) is 12.1 Å². The quantitative estimate of drug-likeness (QED) is 0.176. The van der Waals surface area contributed by atoms with E-state index in [1.165, 1.54) is 88.2 Å². The van der Waals surface area contributed by atoms with Gasteiger partial charge in [-0.15, -0.1) is 0 Å². The second kappa shape index (κ2) is 16.6. The van der Waals surface area contributed by atoms with E-state index in [0.717, 1.165) is 35.3 Å². The van der Waals surface area contributed by atoms with Crippen molar-refractivity contribution in [3.8, 4) is 0 Å². The molecule has 0 saturated heterocycles. The van der Waals surface area contributed by atoms with E-state index in [4.69, 9.17) is 16.2 Å². The van der Waals surface area contributed by atoms with Crippen molar-refractivity contribution in [1.29, 1.82) is 0 Å². The molecule has 0 spiro atoms. The van der Waals surface area contributed by atoms with Crippen molar-refractivity contribution in [3.05, 3.63) is 58.7 Å². The summed E-state index contributed by atoms with van der Waals surface area (Å²) in [5, 5.41) is 0. The molecule has 2 rings (SSSR count). The van der Waals surface area contributed by atoms with E-state index >= 15 is 0 Å². The highest BCUT2D eigenvalue weighted by atomic mass is 16.5. The molecule has 0 amide bonds. The smallest absolute Gasteiger partial charge is 0.0741 e. The number of rotatable bonds is 18. The van der Waals surface area contributed by atoms with Gasteiger partial charge in [0, 0.05) is 22.5 Å². The fraction of sp³-hybridized carbons (Fsp3) is 0.600. The van der Waals surface area contributed by atoms with Gasteiger partial charge in [0.25, 0.3) is 0 Å². The number of benzene rings is 2. The van der Waals surface area contributed by atoms with E-state index in [2.05, 4.69) is 38.1 Å². The molecule has 3 nitrogen and oxygen atoms in total. The Kier molecular flexibility index (Phi) is 13.7. The van der Waals surface area contributed by atoms with Gasteiger partial charge in [0.1, 0.15) is 0 Å². The van der Waals surface area contributed by atoms with Crippen molar-refractivity contribution >= 4 is 11.4 Å². The van der Waals surface area contributed by atoms with Crippen LogP contribution in [0.4, 0.5) is 11.4 Å². The Morgan fingerprint density at radius 1 is 0.545 bits per heavy atom. The molecule has 33 heavy (non-hydrogen) atoms. The monoisotopic (exact) mass is 452 g/mol. The van der Waals surface area contributed by atoms with Crippen molar-refractivity contribution in [2.75, 3.05) is 11.5 Å². The second-order valence-electron chi connectivity index (χ2n) is 9.59. The molecule has 0 atom stereocenters. The summed E-state index contributed by atoms with van der Waals surface area (Å²) >= 11 is 0. The summed E-state index contributed by atoms with van der Waals surface area (Å²) in [5.74, 6) is 0. The Labute approximate surface area is 203 Å². The lowest BCUT2D eigenvalue weighted by molar-refractivity contribution is 0.108. The molecule has 0 saturated carbocycles. The SMILES string of the molecule is CCCCCCCCc1ccc(N)c(COCc2cc(CCCCCCCC)ccc2N)c1. The summed E-state index contributed by atoms with van der Waals surface area (Å²) in [4.78, 5) is 0. The minimum Gasteiger partial charge on any atom is -0.398 e. The molecule has 0 aliphatic rings. The third-order valence-electron chi connectivity index (χ3n) is 6.57. The van der Waals surface area contributed by atoms with Crippen LogP contribution < -0.4 is 11.5 Å². The lowest BCUT2D eigenvalue weighted by Gasteiger charge is -2.12. The first kappa shape index (κ1) is 27.2. The lowest BCUT2D eigenvalue weighted by Crippen LogP contribution is -2.03. The number of nitrogens with two attached hydrogens (primary N) is 2.